The molecule has 2 rings (SSSR count). The van der Waals surface area contributed by atoms with Crippen LogP contribution in [0.1, 0.15) is 0 Å². The molecule has 1 N–H and O–H groups in total. The fraction of sp³-hybridized carbons (Fsp3) is 0.0833. The minimum atomic E-state index is -1.37. The summed E-state index contributed by atoms with van der Waals surface area (Å²) in [6.07, 6.45) is 0. The Morgan fingerprint density at radius 1 is 1.11 bits per heavy atom. The molecule has 6 heteroatoms. The molecule has 0 bridgehead atoms. The average Bonchev–Trinajstić information content (AvgIpc) is 2.36. The monoisotopic (exact) mass is 254 g/mol. The lowest BCUT2D eigenvalue weighted by Gasteiger charge is -2.10. The normalized spacial score (nSPS) is 10.2. The number of aromatic nitrogens is 1. The first kappa shape index (κ1) is 12.2. The number of para-hydroxylation sites is 2. The maximum Gasteiger partial charge on any atom is 0.251 e. The maximum atomic E-state index is 13.4. The summed E-state index contributed by atoms with van der Waals surface area (Å²) in [5.41, 5.74) is 0.400. The van der Waals surface area contributed by atoms with Gasteiger partial charge >= 0.3 is 0 Å². The number of benzene rings is 1. The molecule has 1 aromatic heterocycles. The van der Waals surface area contributed by atoms with Gasteiger partial charge in [0.1, 0.15) is 5.75 Å². The Kier molecular flexibility index (Phi) is 3.36. The van der Waals surface area contributed by atoms with E-state index < -0.39 is 23.4 Å². The van der Waals surface area contributed by atoms with E-state index >= 15 is 0 Å². The van der Waals surface area contributed by atoms with Gasteiger partial charge in [-0.1, -0.05) is 12.1 Å². The molecule has 0 aliphatic rings. The zero-order valence-corrected chi connectivity index (χ0v) is 9.38. The second kappa shape index (κ2) is 4.95. The minimum Gasteiger partial charge on any atom is -0.495 e. The predicted molar refractivity (Wildman–Crippen MR) is 60.4 cm³/mol. The van der Waals surface area contributed by atoms with Crippen LogP contribution in [0.3, 0.4) is 0 Å². The zero-order valence-electron chi connectivity index (χ0n) is 9.38. The molecule has 0 radical (unpaired) electrons. The summed E-state index contributed by atoms with van der Waals surface area (Å²) in [7, 11) is 1.44. The van der Waals surface area contributed by atoms with Gasteiger partial charge in [-0.05, 0) is 12.1 Å². The van der Waals surface area contributed by atoms with E-state index in [0.717, 1.165) is 0 Å². The predicted octanol–water partition coefficient (Wildman–Crippen LogP) is 3.25. The molecule has 3 nitrogen and oxygen atoms in total. The van der Waals surface area contributed by atoms with Crippen LogP contribution in [0.15, 0.2) is 30.3 Å². The van der Waals surface area contributed by atoms with Crippen LogP contribution in [0.4, 0.5) is 24.7 Å². The lowest BCUT2D eigenvalue weighted by Crippen LogP contribution is -2.02. The number of ether oxygens (including phenoxy) is 1. The van der Waals surface area contributed by atoms with Crippen molar-refractivity contribution in [1.29, 1.82) is 0 Å². The van der Waals surface area contributed by atoms with E-state index in [4.69, 9.17) is 4.74 Å². The maximum absolute atomic E-state index is 13.4. The van der Waals surface area contributed by atoms with Crippen molar-refractivity contribution in [3.63, 3.8) is 0 Å². The van der Waals surface area contributed by atoms with Gasteiger partial charge in [0.15, 0.2) is 17.5 Å². The Balaban J connectivity index is 2.37. The second-order valence-electron chi connectivity index (χ2n) is 3.42. The van der Waals surface area contributed by atoms with Crippen LogP contribution in [0.5, 0.6) is 5.75 Å². The molecule has 0 unspecified atom stereocenters. The summed E-state index contributed by atoms with van der Waals surface area (Å²) < 4.78 is 44.0. The molecule has 0 amide bonds. The molecule has 0 atom stereocenters. The first-order valence-electron chi connectivity index (χ1n) is 5.03. The lowest BCUT2D eigenvalue weighted by molar-refractivity contribution is 0.416. The molecule has 0 fully saturated rings. The highest BCUT2D eigenvalue weighted by Gasteiger charge is 2.13. The Morgan fingerprint density at radius 2 is 1.83 bits per heavy atom. The van der Waals surface area contributed by atoms with Crippen molar-refractivity contribution in [2.24, 2.45) is 0 Å². The summed E-state index contributed by atoms with van der Waals surface area (Å²) >= 11 is 0. The fourth-order valence-corrected chi connectivity index (χ4v) is 1.41. The zero-order chi connectivity index (χ0) is 13.1. The molecule has 0 saturated heterocycles. The number of nitrogens with zero attached hydrogens (tertiary/aromatic N) is 1. The van der Waals surface area contributed by atoms with Crippen LogP contribution in [-0.2, 0) is 0 Å². The van der Waals surface area contributed by atoms with Crippen molar-refractivity contribution in [2.45, 2.75) is 0 Å². The summed E-state index contributed by atoms with van der Waals surface area (Å²) in [5, 5.41) is 2.54. The third-order valence-electron chi connectivity index (χ3n) is 2.25. The topological polar surface area (TPSA) is 34.1 Å². The van der Waals surface area contributed by atoms with Gasteiger partial charge in [0.05, 0.1) is 12.8 Å². The summed E-state index contributed by atoms with van der Waals surface area (Å²) in [6, 6.07) is 7.07. The molecular weight excluding hydrogens is 245 g/mol. The van der Waals surface area contributed by atoms with Crippen LogP contribution < -0.4 is 10.1 Å². The quantitative estimate of drug-likeness (QED) is 0.854. The van der Waals surface area contributed by atoms with E-state index in [-0.39, 0.29) is 0 Å². The lowest BCUT2D eigenvalue weighted by atomic mass is 10.3. The van der Waals surface area contributed by atoms with Gasteiger partial charge in [-0.2, -0.15) is 9.37 Å². The number of rotatable bonds is 3. The standard InChI is InChI=1S/C12H9F3N2O/c1-18-10-5-3-2-4-9(10)16-12-8(14)6-7(13)11(15)17-12/h2-6H,1H3,(H,16,17). The third-order valence-corrected chi connectivity index (χ3v) is 2.25. The van der Waals surface area contributed by atoms with Crippen molar-refractivity contribution in [3.05, 3.63) is 47.9 Å². The summed E-state index contributed by atoms with van der Waals surface area (Å²) in [4.78, 5) is 3.16. The van der Waals surface area contributed by atoms with E-state index in [0.29, 0.717) is 17.5 Å². The van der Waals surface area contributed by atoms with Crippen molar-refractivity contribution < 1.29 is 17.9 Å². The number of methoxy groups -OCH3 is 1. The molecule has 18 heavy (non-hydrogen) atoms. The van der Waals surface area contributed by atoms with E-state index in [1.807, 2.05) is 0 Å². The number of hydrogen-bond donors (Lipinski definition) is 1. The Labute approximate surface area is 101 Å². The molecule has 1 aromatic carbocycles. The average molecular weight is 254 g/mol. The van der Waals surface area contributed by atoms with Crippen molar-refractivity contribution in [1.82, 2.24) is 4.98 Å². The van der Waals surface area contributed by atoms with Gasteiger partial charge in [0.2, 0.25) is 0 Å². The SMILES string of the molecule is COc1ccccc1Nc1nc(F)c(F)cc1F. The van der Waals surface area contributed by atoms with Gasteiger partial charge in [-0.3, -0.25) is 0 Å². The fourth-order valence-electron chi connectivity index (χ4n) is 1.41. The molecule has 0 aliphatic carbocycles. The Hall–Kier alpha value is -2.24. The van der Waals surface area contributed by atoms with E-state index in [1.165, 1.54) is 7.11 Å². The molecular formula is C12H9F3N2O. The van der Waals surface area contributed by atoms with Crippen LogP contribution >= 0.6 is 0 Å². The highest BCUT2D eigenvalue weighted by Crippen LogP contribution is 2.27. The number of pyridine rings is 1. The number of hydrogen-bond acceptors (Lipinski definition) is 3. The molecule has 0 aliphatic heterocycles. The van der Waals surface area contributed by atoms with E-state index in [1.54, 1.807) is 24.3 Å². The van der Waals surface area contributed by atoms with Crippen molar-refractivity contribution in [3.8, 4) is 5.75 Å². The van der Waals surface area contributed by atoms with Crippen molar-refractivity contribution >= 4 is 11.5 Å². The number of halogens is 3. The van der Waals surface area contributed by atoms with Crippen molar-refractivity contribution in [2.75, 3.05) is 12.4 Å². The van der Waals surface area contributed by atoms with Gasteiger partial charge in [-0.25, -0.2) is 8.78 Å². The van der Waals surface area contributed by atoms with E-state index in [9.17, 15) is 13.2 Å². The second-order valence-corrected chi connectivity index (χ2v) is 3.42. The van der Waals surface area contributed by atoms with Gasteiger partial charge in [0.25, 0.3) is 5.95 Å². The van der Waals surface area contributed by atoms with Crippen LogP contribution in [-0.4, -0.2) is 12.1 Å². The van der Waals surface area contributed by atoms with Gasteiger partial charge < -0.3 is 10.1 Å². The Bertz CT molecular complexity index is 575. The minimum absolute atomic E-state index is 0.400. The molecule has 2 aromatic rings. The van der Waals surface area contributed by atoms with Gasteiger partial charge in [-0.15, -0.1) is 0 Å². The molecule has 0 saturated carbocycles. The third kappa shape index (κ3) is 2.37. The summed E-state index contributed by atoms with van der Waals surface area (Å²) in [6.45, 7) is 0. The molecule has 0 spiro atoms. The Morgan fingerprint density at radius 3 is 2.56 bits per heavy atom. The van der Waals surface area contributed by atoms with Crippen LogP contribution in [0, 0.1) is 17.6 Å². The largest absolute Gasteiger partial charge is 0.495 e. The van der Waals surface area contributed by atoms with Gasteiger partial charge in [0, 0.05) is 6.07 Å². The van der Waals surface area contributed by atoms with E-state index in [2.05, 4.69) is 10.3 Å². The number of nitrogens with one attached hydrogen (secondary N) is 1. The summed E-state index contributed by atoms with van der Waals surface area (Å²) in [5.74, 6) is -3.66. The number of anilines is 2. The highest BCUT2D eigenvalue weighted by atomic mass is 19.2. The first-order valence-corrected chi connectivity index (χ1v) is 5.03. The highest BCUT2D eigenvalue weighted by molar-refractivity contribution is 5.64. The first-order chi connectivity index (χ1) is 8.61. The smallest absolute Gasteiger partial charge is 0.251 e. The molecule has 1 heterocycles. The van der Waals surface area contributed by atoms with Crippen LogP contribution in [0.25, 0.3) is 0 Å². The van der Waals surface area contributed by atoms with Crippen LogP contribution in [0.2, 0.25) is 0 Å². The molecule has 94 valence electrons.